The summed E-state index contributed by atoms with van der Waals surface area (Å²) < 4.78 is 44.9. The molecule has 1 unspecified atom stereocenters. The van der Waals surface area contributed by atoms with Gasteiger partial charge >= 0.3 is 5.69 Å². The van der Waals surface area contributed by atoms with Crippen molar-refractivity contribution in [2.24, 2.45) is 18.9 Å². The Morgan fingerprint density at radius 3 is 2.47 bits per heavy atom. The van der Waals surface area contributed by atoms with Crippen molar-refractivity contribution in [3.63, 3.8) is 0 Å². The number of halogens is 2. The van der Waals surface area contributed by atoms with Crippen molar-refractivity contribution in [3.05, 3.63) is 76.4 Å². The SMILES string of the molecule is Cn1c(=O)n(C2CCC(=O)NC2=O)c2ccc(CN3CCN(CCOC4CC(NCC5CCC(n6cc(NC(=O)c7coc(-c8ccnc(NCC9CC9)c8)n7)c(C(F)F)n6)CC5)C4)CC3)cc21. The molecule has 2 aliphatic heterocycles. The summed E-state index contributed by atoms with van der Waals surface area (Å²) in [6.07, 6.45) is 10.3. The number of alkyl halides is 2. The highest BCUT2D eigenvalue weighted by Gasteiger charge is 2.34. The van der Waals surface area contributed by atoms with Crippen LogP contribution in [-0.4, -0.2) is 121 Å². The van der Waals surface area contributed by atoms with Crippen LogP contribution in [0.1, 0.15) is 104 Å². The van der Waals surface area contributed by atoms with Crippen molar-refractivity contribution in [3.8, 4) is 11.5 Å². The van der Waals surface area contributed by atoms with Crippen molar-refractivity contribution in [2.45, 2.75) is 101 Å². The number of aryl methyl sites for hydroxylation is 1. The van der Waals surface area contributed by atoms with Gasteiger partial charge in [0.2, 0.25) is 17.7 Å². The fourth-order valence-electron chi connectivity index (χ4n) is 10.1. The molecule has 5 aliphatic rings. The number of amides is 3. The van der Waals surface area contributed by atoms with Gasteiger partial charge in [0.05, 0.1) is 35.5 Å². The monoisotopic (exact) mass is 938 g/mol. The van der Waals surface area contributed by atoms with Gasteiger partial charge in [-0.2, -0.15) is 5.10 Å². The Kier molecular flexibility index (Phi) is 13.5. The van der Waals surface area contributed by atoms with Gasteiger partial charge in [-0.25, -0.2) is 23.5 Å². The second-order valence-electron chi connectivity index (χ2n) is 19.3. The van der Waals surface area contributed by atoms with Gasteiger partial charge in [0.1, 0.15) is 18.1 Å². The third-order valence-corrected chi connectivity index (χ3v) is 14.5. The maximum absolute atomic E-state index is 14.2. The Balaban J connectivity index is 0.610. The van der Waals surface area contributed by atoms with E-state index in [0.29, 0.717) is 47.8 Å². The zero-order chi connectivity index (χ0) is 46.9. The van der Waals surface area contributed by atoms with Gasteiger partial charge in [-0.1, -0.05) is 6.07 Å². The number of fused-ring (bicyclic) bond motifs is 1. The number of imide groups is 1. The smallest absolute Gasteiger partial charge is 0.329 e. The molecule has 1 aromatic carbocycles. The normalized spacial score (nSPS) is 23.8. The maximum atomic E-state index is 14.2. The van der Waals surface area contributed by atoms with Gasteiger partial charge in [-0.3, -0.25) is 43.3 Å². The van der Waals surface area contributed by atoms with Gasteiger partial charge in [-0.15, -0.1) is 0 Å². The lowest BCUT2D eigenvalue weighted by Gasteiger charge is -2.38. The van der Waals surface area contributed by atoms with Crippen LogP contribution in [0.3, 0.4) is 0 Å². The minimum absolute atomic E-state index is 0.0232. The summed E-state index contributed by atoms with van der Waals surface area (Å²) in [4.78, 5) is 64.1. The number of piperazine rings is 1. The molecule has 10 rings (SSSR count). The molecule has 0 radical (unpaired) electrons. The minimum atomic E-state index is -2.86. The Bertz CT molecular complexity index is 2670. The first kappa shape index (κ1) is 45.9. The lowest BCUT2D eigenvalue weighted by Crippen LogP contribution is -2.49. The van der Waals surface area contributed by atoms with Crippen LogP contribution in [0.25, 0.3) is 22.5 Å². The zero-order valence-corrected chi connectivity index (χ0v) is 38.4. The van der Waals surface area contributed by atoms with E-state index in [4.69, 9.17) is 9.15 Å². The second kappa shape index (κ2) is 20.0. The standard InChI is InChI=1S/C48H60F2N12O6/c1-58-40-20-31(6-9-38(40)62(48(58)66)39-10-11-42(63)56-46(39)65)26-60-16-14-59(15-17-60)18-19-67-35-22-33(23-35)52-24-30-4-7-34(8-5-30)61-27-36(43(57-61)44(49)50)54-45(64)37-28-68-47(55-37)32-12-13-51-41(21-32)53-25-29-2-3-29/h6,9,12-13,20-21,27-30,33-35,39,44,52H,2-5,7-8,10-11,14-19,22-26H2,1H3,(H,51,53)(H,54,64)(H,56,63,65). The quantitative estimate of drug-likeness (QED) is 0.0831. The van der Waals surface area contributed by atoms with Gasteiger partial charge < -0.3 is 25.1 Å². The number of aromatic nitrogens is 6. The van der Waals surface area contributed by atoms with Crippen LogP contribution in [0.5, 0.6) is 0 Å². The van der Waals surface area contributed by atoms with Gasteiger partial charge in [0.25, 0.3) is 12.3 Å². The van der Waals surface area contributed by atoms with Gasteiger partial charge in [-0.05, 0) is 106 Å². The van der Waals surface area contributed by atoms with Crippen molar-refractivity contribution in [1.82, 2.24) is 49.3 Å². The van der Waals surface area contributed by atoms with E-state index in [1.165, 1.54) is 29.9 Å². The average Bonchev–Trinajstić information content (AvgIpc) is 3.74. The second-order valence-corrected chi connectivity index (χ2v) is 19.3. The molecule has 3 saturated carbocycles. The molecule has 68 heavy (non-hydrogen) atoms. The largest absolute Gasteiger partial charge is 0.444 e. The number of carbonyl (C=O) groups excluding carboxylic acids is 3. The summed E-state index contributed by atoms with van der Waals surface area (Å²) in [6, 6.07) is 9.22. The first-order valence-electron chi connectivity index (χ1n) is 24.2. The molecule has 2 saturated heterocycles. The number of pyridine rings is 1. The Labute approximate surface area is 392 Å². The lowest BCUT2D eigenvalue weighted by molar-refractivity contribution is -0.135. The van der Waals surface area contributed by atoms with Crippen LogP contribution in [0.15, 0.2) is 58.2 Å². The molecule has 4 aromatic heterocycles. The van der Waals surface area contributed by atoms with Crippen LogP contribution in [0.2, 0.25) is 0 Å². The Morgan fingerprint density at radius 2 is 1.71 bits per heavy atom. The number of rotatable bonds is 18. The predicted molar refractivity (Wildman–Crippen MR) is 248 cm³/mol. The molecule has 18 nitrogen and oxygen atoms in total. The molecular weight excluding hydrogens is 879 g/mol. The highest BCUT2D eigenvalue weighted by atomic mass is 19.3. The van der Waals surface area contributed by atoms with E-state index >= 15 is 0 Å². The van der Waals surface area contributed by atoms with Gasteiger partial charge in [0.15, 0.2) is 11.4 Å². The molecule has 5 aromatic rings. The maximum Gasteiger partial charge on any atom is 0.329 e. The number of oxazole rings is 1. The van der Waals surface area contributed by atoms with Crippen molar-refractivity contribution in [1.29, 1.82) is 0 Å². The number of anilines is 2. The highest BCUT2D eigenvalue weighted by Crippen LogP contribution is 2.36. The summed E-state index contributed by atoms with van der Waals surface area (Å²) in [6.45, 7) is 7.90. The number of nitrogens with one attached hydrogen (secondary N) is 4. The van der Waals surface area contributed by atoms with E-state index in [2.05, 4.69) is 46.1 Å². The van der Waals surface area contributed by atoms with E-state index in [1.807, 2.05) is 18.2 Å². The molecule has 1 atom stereocenters. The molecule has 4 N–H and O–H groups in total. The number of piperidine rings is 1. The van der Waals surface area contributed by atoms with Crippen molar-refractivity contribution >= 4 is 40.3 Å². The fourth-order valence-corrected chi connectivity index (χ4v) is 10.1. The van der Waals surface area contributed by atoms with E-state index in [-0.39, 0.29) is 47.4 Å². The molecule has 3 amide bonds. The van der Waals surface area contributed by atoms with Crippen LogP contribution in [0.4, 0.5) is 20.3 Å². The number of imidazole rings is 1. The number of nitrogens with zero attached hydrogens (tertiary/aromatic N) is 8. The van der Waals surface area contributed by atoms with Crippen molar-refractivity contribution < 1.29 is 32.3 Å². The number of carbonyl (C=O) groups is 3. The predicted octanol–water partition coefficient (Wildman–Crippen LogP) is 5.26. The molecule has 6 heterocycles. The zero-order valence-electron chi connectivity index (χ0n) is 38.4. The number of ether oxygens (including phenoxy) is 1. The third-order valence-electron chi connectivity index (χ3n) is 14.5. The van der Waals surface area contributed by atoms with Gasteiger partial charge in [0, 0.05) is 83.3 Å². The van der Waals surface area contributed by atoms with Crippen LogP contribution >= 0.6 is 0 Å². The molecule has 362 valence electrons. The molecule has 5 fully saturated rings. The minimum Gasteiger partial charge on any atom is -0.444 e. The van der Waals surface area contributed by atoms with E-state index in [9.17, 15) is 28.0 Å². The first-order chi connectivity index (χ1) is 33.0. The number of hydrogen-bond acceptors (Lipinski definition) is 13. The van der Waals surface area contributed by atoms with E-state index < -0.39 is 30.0 Å². The van der Waals surface area contributed by atoms with Crippen molar-refractivity contribution in [2.75, 3.05) is 63.1 Å². The molecule has 20 heteroatoms. The topological polar surface area (TPSA) is 199 Å². The Morgan fingerprint density at radius 1 is 0.941 bits per heavy atom. The van der Waals surface area contributed by atoms with E-state index in [0.717, 1.165) is 102 Å². The average molecular weight is 939 g/mol. The fraction of sp³-hybridized carbons (Fsp3) is 0.562. The molecular formula is C48H60F2N12O6. The first-order valence-corrected chi connectivity index (χ1v) is 24.2. The summed E-state index contributed by atoms with van der Waals surface area (Å²) in [5.41, 5.74) is 2.46. The summed E-state index contributed by atoms with van der Waals surface area (Å²) in [7, 11) is 1.72. The number of hydrogen-bond donors (Lipinski definition) is 4. The van der Waals surface area contributed by atoms with Crippen LogP contribution in [-0.2, 0) is 27.9 Å². The third kappa shape index (κ3) is 10.4. The van der Waals surface area contributed by atoms with Crippen LogP contribution < -0.4 is 27.0 Å². The Hall–Kier alpha value is -5.83. The molecule has 0 bridgehead atoms. The summed E-state index contributed by atoms with van der Waals surface area (Å²) in [5.74, 6) is 0.701. The summed E-state index contributed by atoms with van der Waals surface area (Å²) in [5, 5.41) is 16.3. The highest BCUT2D eigenvalue weighted by molar-refractivity contribution is 6.03. The molecule has 0 spiro atoms. The van der Waals surface area contributed by atoms with E-state index in [1.54, 1.807) is 34.6 Å². The lowest BCUT2D eigenvalue weighted by atomic mass is 9.84. The number of benzene rings is 1. The molecule has 3 aliphatic carbocycles. The van der Waals surface area contributed by atoms with Crippen LogP contribution in [0, 0.1) is 11.8 Å². The summed E-state index contributed by atoms with van der Waals surface area (Å²) >= 11 is 0.